The van der Waals surface area contributed by atoms with Crippen LogP contribution in [-0.4, -0.2) is 88.3 Å². The Morgan fingerprint density at radius 1 is 0.699 bits per heavy atom. The summed E-state index contributed by atoms with van der Waals surface area (Å²) < 4.78 is 41.9. The van der Waals surface area contributed by atoms with Gasteiger partial charge < -0.3 is 35.1 Å². The molecule has 0 aliphatic heterocycles. The van der Waals surface area contributed by atoms with Crippen LogP contribution in [0.1, 0.15) is 215 Å². The quantitative estimate of drug-likeness (QED) is 0.00736. The van der Waals surface area contributed by atoms with E-state index in [9.17, 15) is 27.6 Å². The Morgan fingerprint density at radius 2 is 1.34 bits per heavy atom. The molecule has 0 fully saturated rings. The van der Waals surface area contributed by atoms with Gasteiger partial charge in [-0.3, -0.25) is 30.2 Å². The van der Waals surface area contributed by atoms with Crippen molar-refractivity contribution in [2.24, 2.45) is 14.1 Å². The Labute approximate surface area is 617 Å². The molecular weight excluding hydrogens is 1370 g/mol. The second-order valence-corrected chi connectivity index (χ2v) is 27.9. The molecule has 0 saturated heterocycles. The van der Waals surface area contributed by atoms with Crippen molar-refractivity contribution in [1.29, 1.82) is 5.26 Å². The molecule has 103 heavy (non-hydrogen) atoms. The van der Waals surface area contributed by atoms with Crippen LogP contribution in [0.2, 0.25) is 5.02 Å². The fraction of sp³-hybridized carbons (Fsp3) is 0.521. The molecule has 27 nitrogen and oxygen atoms in total. The lowest BCUT2D eigenvalue weighted by atomic mass is 10.1. The number of ether oxygens (including phenoxy) is 2. The molecule has 3 aromatic heterocycles. The number of nitriles is 1. The van der Waals surface area contributed by atoms with E-state index in [4.69, 9.17) is 46.1 Å². The van der Waals surface area contributed by atoms with E-state index in [1.807, 2.05) is 39.0 Å². The number of carbonyl (C=O) groups excluding carboxylic acids is 4. The normalized spacial score (nSPS) is 10.9. The molecule has 0 saturated carbocycles. The molecule has 30 heteroatoms. The molecule has 1 unspecified atom stereocenters. The first-order valence-corrected chi connectivity index (χ1v) is 38.4. The SMILES string of the molecule is Cc1ccc(OCCCNC(=O)NNc2c(C#N)cnn2C)c(C)c1.[C-]#[N+]c1nc(NNC(=O)Nc2cc(C(=O)OCCCCCCCCCCCC)ccc2Cl)n(C)c1[N+]#[C-].[C-]#[N+]c1sc(NNC(=O)NC(CC)CCCC)nc1-c1cccc(NS(=O)(=O)CCCCCCCCCCCC)c1. The largest absolute Gasteiger partial charge is 0.493 e. The van der Waals surface area contributed by atoms with E-state index < -0.39 is 28.1 Å². The number of carbonyl (C=O) groups is 4. The standard InChI is InChI=1S/C30H48N6O3S2.C26H34ClN7O3.C17H22N6O2/c1-5-8-10-11-12-13-14-15-16-17-22-41(38,39)36-26-21-18-19-24(23-26)27-28(31-4)40-30(33-27)35-34-29(37)32-25(7-3)20-9-6-2;1-5-6-7-8-9-10-11-12-13-14-17-37-24(35)19-15-16-20(27)21(18-19)30-26(36)33-32-25-31-22(28-2)23(29-3)34(25)4;1-12-5-6-15(13(2)9-12)25-8-4-7-19-17(24)22-21-16-14(10-18)11-20-23(16)3/h18-19,21,23,25,36H,5-17,20,22H2,1-3H3,(H,33,35)(H2,32,34,37);15-16,18H,5-14,17H2,1,4H3,(H,31,32)(H2,30,33,36);5-6,9,11,21H,4,7-8H2,1-3H3,(H2,19,22,24). The van der Waals surface area contributed by atoms with Crippen molar-refractivity contribution in [2.45, 2.75) is 208 Å². The first kappa shape index (κ1) is 85.6. The van der Waals surface area contributed by atoms with Crippen molar-refractivity contribution >= 4 is 102 Å². The maximum absolute atomic E-state index is 12.7. The summed E-state index contributed by atoms with van der Waals surface area (Å²) in [6.45, 7) is 35.8. The molecular formula is C73H104ClN19O8S2. The summed E-state index contributed by atoms with van der Waals surface area (Å²) in [6, 6.07) is 18.1. The molecule has 6 aromatic rings. The number of esters is 1. The van der Waals surface area contributed by atoms with Crippen molar-refractivity contribution in [3.8, 4) is 23.1 Å². The van der Waals surface area contributed by atoms with Crippen LogP contribution in [0.3, 0.4) is 0 Å². The molecule has 3 heterocycles. The van der Waals surface area contributed by atoms with Gasteiger partial charge in [-0.15, -0.1) is 11.3 Å². The van der Waals surface area contributed by atoms with Crippen LogP contribution in [-0.2, 0) is 28.9 Å². The summed E-state index contributed by atoms with van der Waals surface area (Å²) in [5.41, 5.74) is 20.1. The van der Waals surface area contributed by atoms with Gasteiger partial charge in [-0.25, -0.2) is 53.7 Å². The lowest BCUT2D eigenvalue weighted by Crippen LogP contribution is -2.44. The molecule has 558 valence electrons. The molecule has 6 amide bonds. The zero-order valence-corrected chi connectivity index (χ0v) is 63.3. The number of thiazole rings is 1. The van der Waals surface area contributed by atoms with Gasteiger partial charge in [0.15, 0.2) is 10.9 Å². The van der Waals surface area contributed by atoms with Crippen LogP contribution in [0, 0.1) is 44.9 Å². The van der Waals surface area contributed by atoms with E-state index in [0.717, 1.165) is 86.9 Å². The fourth-order valence-electron chi connectivity index (χ4n) is 10.4. The number of halogens is 1. The smallest absolute Gasteiger partial charge is 0.390 e. The summed E-state index contributed by atoms with van der Waals surface area (Å²) in [5.74, 6) is 0.966. The Hall–Kier alpha value is -9.81. The van der Waals surface area contributed by atoms with Gasteiger partial charge in [0.05, 0.1) is 60.8 Å². The number of imidazole rings is 1. The number of benzene rings is 3. The maximum atomic E-state index is 12.7. The summed E-state index contributed by atoms with van der Waals surface area (Å²) in [5, 5.41) is 22.0. The molecule has 0 spiro atoms. The van der Waals surface area contributed by atoms with Crippen molar-refractivity contribution < 1.29 is 37.1 Å². The minimum Gasteiger partial charge on any atom is -0.493 e. The van der Waals surface area contributed by atoms with E-state index in [1.54, 1.807) is 38.4 Å². The van der Waals surface area contributed by atoms with E-state index in [2.05, 4.69) is 110 Å². The Bertz CT molecular complexity index is 3890. The van der Waals surface area contributed by atoms with Gasteiger partial charge in [-0.05, 0) is 93.5 Å². The molecule has 0 radical (unpaired) electrons. The predicted molar refractivity (Wildman–Crippen MR) is 411 cm³/mol. The fourth-order valence-corrected chi connectivity index (χ4v) is 12.5. The average Bonchev–Trinajstić information content (AvgIpc) is 1.30. The third-order valence-electron chi connectivity index (χ3n) is 16.2. The van der Waals surface area contributed by atoms with Gasteiger partial charge in [0.25, 0.3) is 16.6 Å². The average molecular weight is 1480 g/mol. The lowest BCUT2D eigenvalue weighted by Gasteiger charge is -2.17. The molecule has 10 N–H and O–H groups in total. The summed E-state index contributed by atoms with van der Waals surface area (Å²) in [6.07, 6.45) is 29.4. The topological polar surface area (TPSA) is 327 Å². The second kappa shape index (κ2) is 48.9. The van der Waals surface area contributed by atoms with Crippen LogP contribution in [0.15, 0.2) is 66.9 Å². The van der Waals surface area contributed by atoms with E-state index in [0.29, 0.717) is 71.1 Å². The van der Waals surface area contributed by atoms with Gasteiger partial charge in [0.1, 0.15) is 17.4 Å². The highest BCUT2D eigenvalue weighted by atomic mass is 35.5. The monoisotopic (exact) mass is 1470 g/mol. The predicted octanol–water partition coefficient (Wildman–Crippen LogP) is 18.0. The number of rotatable bonds is 43. The third kappa shape index (κ3) is 32.8. The van der Waals surface area contributed by atoms with Crippen LogP contribution in [0.5, 0.6) is 5.75 Å². The number of anilines is 5. The van der Waals surface area contributed by atoms with Gasteiger partial charge in [0, 0.05) is 25.3 Å². The first-order valence-electron chi connectivity index (χ1n) is 35.6. The highest BCUT2D eigenvalue weighted by molar-refractivity contribution is 7.92. The number of amides is 6. The van der Waals surface area contributed by atoms with Gasteiger partial charge >= 0.3 is 30.0 Å². The van der Waals surface area contributed by atoms with Crippen LogP contribution >= 0.6 is 22.9 Å². The van der Waals surface area contributed by atoms with E-state index >= 15 is 0 Å². The van der Waals surface area contributed by atoms with Crippen LogP contribution in [0.4, 0.5) is 59.3 Å². The molecule has 0 aliphatic rings. The van der Waals surface area contributed by atoms with E-state index in [1.165, 1.54) is 123 Å². The Morgan fingerprint density at radius 3 is 1.95 bits per heavy atom. The number of hydrogen-bond acceptors (Lipinski definition) is 16. The number of sulfonamides is 1. The van der Waals surface area contributed by atoms with Gasteiger partial charge in [-0.1, -0.05) is 216 Å². The number of aryl methyl sites for hydroxylation is 3. The van der Waals surface area contributed by atoms with Gasteiger partial charge in [-0.2, -0.15) is 10.4 Å². The molecule has 0 bridgehead atoms. The molecule has 1 atom stereocenters. The zero-order chi connectivity index (χ0) is 75.2. The molecule has 0 aliphatic carbocycles. The maximum Gasteiger partial charge on any atom is 0.390 e. The number of hydrazine groups is 3. The van der Waals surface area contributed by atoms with Crippen molar-refractivity contribution in [1.82, 2.24) is 51.2 Å². The van der Waals surface area contributed by atoms with Crippen LogP contribution < -0.4 is 58.0 Å². The minimum absolute atomic E-state index is 0.0479. The zero-order valence-electron chi connectivity index (χ0n) is 60.9. The Kier molecular flexibility index (Phi) is 40.7. The highest BCUT2D eigenvalue weighted by Gasteiger charge is 2.22. The minimum atomic E-state index is -3.48. The molecule has 3 aromatic carbocycles. The molecule has 6 rings (SSSR count). The Balaban J connectivity index is 0.000000336. The summed E-state index contributed by atoms with van der Waals surface area (Å²) in [4.78, 5) is 67.3. The second-order valence-electron chi connectivity index (χ2n) is 24.6. The number of nitrogens with one attached hydrogen (secondary N) is 10. The number of unbranched alkanes of at least 4 members (excludes halogenated alkanes) is 19. The first-order chi connectivity index (χ1) is 49.7. The summed E-state index contributed by atoms with van der Waals surface area (Å²) in [7, 11) is -0.269. The number of nitrogens with zero attached hydrogens (tertiary/aromatic N) is 9. The number of hydrogen-bond donors (Lipinski definition) is 10. The number of aromatic nitrogens is 5. The van der Waals surface area contributed by atoms with Gasteiger partial charge in [0.2, 0.25) is 10.0 Å². The van der Waals surface area contributed by atoms with Crippen molar-refractivity contribution in [3.63, 3.8) is 0 Å². The van der Waals surface area contributed by atoms with E-state index in [-0.39, 0.29) is 51.7 Å². The van der Waals surface area contributed by atoms with Crippen molar-refractivity contribution in [2.75, 3.05) is 51.8 Å². The van der Waals surface area contributed by atoms with Crippen LogP contribution in [0.25, 0.3) is 25.8 Å². The van der Waals surface area contributed by atoms with Crippen molar-refractivity contribution in [3.05, 3.63) is 128 Å². The highest BCUT2D eigenvalue weighted by Crippen LogP contribution is 2.39. The summed E-state index contributed by atoms with van der Waals surface area (Å²) >= 11 is 7.29. The number of urea groups is 3. The third-order valence-corrected chi connectivity index (χ3v) is 18.7. The lowest BCUT2D eigenvalue weighted by molar-refractivity contribution is 0.0497.